The third kappa shape index (κ3) is 3.75. The summed E-state index contributed by atoms with van der Waals surface area (Å²) in [6.45, 7) is 0.470. The predicted octanol–water partition coefficient (Wildman–Crippen LogP) is 0.459. The van der Waals surface area contributed by atoms with Crippen LogP contribution in [0.5, 0.6) is 0 Å². The number of hydrogen-bond acceptors (Lipinski definition) is 5. The largest absolute Gasteiger partial charge is 0.480 e. The van der Waals surface area contributed by atoms with E-state index in [9.17, 15) is 13.2 Å². The van der Waals surface area contributed by atoms with E-state index in [2.05, 4.69) is 9.71 Å². The first-order valence-electron chi connectivity index (χ1n) is 6.37. The van der Waals surface area contributed by atoms with E-state index in [-0.39, 0.29) is 13.1 Å². The summed E-state index contributed by atoms with van der Waals surface area (Å²) in [4.78, 5) is 15.2. The zero-order chi connectivity index (χ0) is 14.6. The maximum absolute atomic E-state index is 12.2. The van der Waals surface area contributed by atoms with E-state index < -0.39 is 22.2 Å². The molecule has 1 fully saturated rings. The van der Waals surface area contributed by atoms with Gasteiger partial charge in [-0.25, -0.2) is 9.71 Å². The van der Waals surface area contributed by atoms with Crippen molar-refractivity contribution in [2.24, 2.45) is 0 Å². The molecule has 2 rings (SSSR count). The average Bonchev–Trinajstić information content (AvgIpc) is 2.91. The Hall–Kier alpha value is -1.03. The summed E-state index contributed by atoms with van der Waals surface area (Å²) >= 11 is 1.45. The number of carbonyl (C=O) groups is 1. The van der Waals surface area contributed by atoms with Gasteiger partial charge in [0.25, 0.3) is 10.2 Å². The van der Waals surface area contributed by atoms with Crippen LogP contribution in [-0.2, 0) is 21.4 Å². The number of carboxylic acids is 1. The lowest BCUT2D eigenvalue weighted by Gasteiger charge is -2.31. The van der Waals surface area contributed by atoms with Crippen LogP contribution in [0.3, 0.4) is 0 Å². The molecular formula is C11H17N3O4S2. The number of piperidine rings is 1. The van der Waals surface area contributed by atoms with E-state index in [0.29, 0.717) is 19.3 Å². The van der Waals surface area contributed by atoms with Gasteiger partial charge < -0.3 is 5.11 Å². The Labute approximate surface area is 121 Å². The molecule has 0 aliphatic carbocycles. The SMILES string of the molecule is O=C(O)C1CCCCN1S(=O)(=O)NCCc1cscn1. The Bertz CT molecular complexity index is 544. The summed E-state index contributed by atoms with van der Waals surface area (Å²) in [5.41, 5.74) is 2.51. The van der Waals surface area contributed by atoms with Crippen LogP contribution in [0, 0.1) is 0 Å². The highest BCUT2D eigenvalue weighted by atomic mass is 32.2. The van der Waals surface area contributed by atoms with Crippen molar-refractivity contribution < 1.29 is 18.3 Å². The van der Waals surface area contributed by atoms with E-state index in [1.807, 2.05) is 5.38 Å². The van der Waals surface area contributed by atoms with Gasteiger partial charge >= 0.3 is 5.97 Å². The smallest absolute Gasteiger partial charge is 0.322 e. The molecular weight excluding hydrogens is 302 g/mol. The average molecular weight is 319 g/mol. The van der Waals surface area contributed by atoms with Gasteiger partial charge in [-0.1, -0.05) is 0 Å². The number of thiazole rings is 1. The quantitative estimate of drug-likeness (QED) is 0.793. The fraction of sp³-hybridized carbons (Fsp3) is 0.636. The number of aliphatic carboxylic acids is 1. The minimum Gasteiger partial charge on any atom is -0.480 e. The Kier molecular flexibility index (Phi) is 5.08. The second kappa shape index (κ2) is 6.61. The van der Waals surface area contributed by atoms with Crippen molar-refractivity contribution in [3.05, 3.63) is 16.6 Å². The van der Waals surface area contributed by atoms with Gasteiger partial charge in [-0.05, 0) is 19.3 Å². The molecule has 0 bridgehead atoms. The number of nitrogens with zero attached hydrogens (tertiary/aromatic N) is 2. The summed E-state index contributed by atoms with van der Waals surface area (Å²) in [6.07, 6.45) is 2.29. The summed E-state index contributed by atoms with van der Waals surface area (Å²) in [7, 11) is -3.75. The first kappa shape index (κ1) is 15.4. The van der Waals surface area contributed by atoms with Gasteiger partial charge in [0.1, 0.15) is 6.04 Å². The molecule has 20 heavy (non-hydrogen) atoms. The van der Waals surface area contributed by atoms with Gasteiger partial charge in [-0.15, -0.1) is 11.3 Å². The van der Waals surface area contributed by atoms with Gasteiger partial charge in [0.2, 0.25) is 0 Å². The zero-order valence-corrected chi connectivity index (χ0v) is 12.5. The summed E-state index contributed by atoms with van der Waals surface area (Å²) in [5, 5.41) is 11.0. The van der Waals surface area contributed by atoms with Crippen LogP contribution in [0.25, 0.3) is 0 Å². The lowest BCUT2D eigenvalue weighted by molar-refractivity contribution is -0.142. The minimum atomic E-state index is -3.75. The molecule has 0 aromatic carbocycles. The second-order valence-electron chi connectivity index (χ2n) is 4.59. The second-order valence-corrected chi connectivity index (χ2v) is 7.02. The zero-order valence-electron chi connectivity index (χ0n) is 10.9. The maximum Gasteiger partial charge on any atom is 0.322 e. The highest BCUT2D eigenvalue weighted by Gasteiger charge is 2.36. The molecule has 2 heterocycles. The molecule has 1 aromatic rings. The van der Waals surface area contributed by atoms with Gasteiger partial charge in [0.15, 0.2) is 0 Å². The lowest BCUT2D eigenvalue weighted by atomic mass is 10.1. The van der Waals surface area contributed by atoms with E-state index >= 15 is 0 Å². The van der Waals surface area contributed by atoms with Crippen LogP contribution < -0.4 is 4.72 Å². The fourth-order valence-electron chi connectivity index (χ4n) is 2.19. The molecule has 1 aromatic heterocycles. The van der Waals surface area contributed by atoms with Gasteiger partial charge in [-0.3, -0.25) is 4.79 Å². The fourth-order valence-corrected chi connectivity index (χ4v) is 4.21. The maximum atomic E-state index is 12.2. The number of nitrogens with one attached hydrogen (secondary N) is 1. The van der Waals surface area contributed by atoms with Crippen LogP contribution in [-0.4, -0.2) is 47.9 Å². The molecule has 9 heteroatoms. The molecule has 7 nitrogen and oxygen atoms in total. The van der Waals surface area contributed by atoms with Crippen LogP contribution in [0.15, 0.2) is 10.9 Å². The van der Waals surface area contributed by atoms with Crippen LogP contribution >= 0.6 is 11.3 Å². The Balaban J connectivity index is 1.95. The molecule has 1 aliphatic rings. The summed E-state index contributed by atoms with van der Waals surface area (Å²) < 4.78 is 27.8. The van der Waals surface area contributed by atoms with Crippen molar-refractivity contribution in [1.82, 2.24) is 14.0 Å². The third-order valence-electron chi connectivity index (χ3n) is 3.20. The van der Waals surface area contributed by atoms with Crippen LogP contribution in [0.4, 0.5) is 0 Å². The molecule has 1 aliphatic heterocycles. The van der Waals surface area contributed by atoms with Gasteiger partial charge in [0, 0.05) is 24.9 Å². The number of rotatable bonds is 6. The third-order valence-corrected chi connectivity index (χ3v) is 5.46. The first-order chi connectivity index (χ1) is 9.50. The van der Waals surface area contributed by atoms with Gasteiger partial charge in [-0.2, -0.15) is 12.7 Å². The van der Waals surface area contributed by atoms with Crippen molar-refractivity contribution in [2.45, 2.75) is 31.7 Å². The van der Waals surface area contributed by atoms with Crippen LogP contribution in [0.2, 0.25) is 0 Å². The Morgan fingerprint density at radius 3 is 3.00 bits per heavy atom. The van der Waals surface area contributed by atoms with E-state index in [1.54, 1.807) is 5.51 Å². The van der Waals surface area contributed by atoms with Crippen molar-refractivity contribution >= 4 is 27.5 Å². The Morgan fingerprint density at radius 2 is 2.35 bits per heavy atom. The molecule has 1 atom stereocenters. The van der Waals surface area contributed by atoms with E-state index in [1.165, 1.54) is 11.3 Å². The number of hydrogen-bond donors (Lipinski definition) is 2. The highest BCUT2D eigenvalue weighted by Crippen LogP contribution is 2.19. The molecule has 1 saturated heterocycles. The molecule has 0 saturated carbocycles. The highest BCUT2D eigenvalue weighted by molar-refractivity contribution is 7.87. The van der Waals surface area contributed by atoms with Crippen molar-refractivity contribution in [2.75, 3.05) is 13.1 Å². The molecule has 112 valence electrons. The molecule has 0 radical (unpaired) electrons. The topological polar surface area (TPSA) is 99.6 Å². The Morgan fingerprint density at radius 1 is 1.55 bits per heavy atom. The summed E-state index contributed by atoms with van der Waals surface area (Å²) in [6, 6.07) is -0.958. The number of aromatic nitrogens is 1. The molecule has 0 amide bonds. The van der Waals surface area contributed by atoms with Crippen molar-refractivity contribution in [1.29, 1.82) is 0 Å². The molecule has 0 spiro atoms. The summed E-state index contributed by atoms with van der Waals surface area (Å²) in [5.74, 6) is -1.09. The predicted molar refractivity (Wildman–Crippen MR) is 74.7 cm³/mol. The number of carboxylic acid groups (broad SMARTS) is 1. The van der Waals surface area contributed by atoms with Crippen molar-refractivity contribution in [3.63, 3.8) is 0 Å². The van der Waals surface area contributed by atoms with Gasteiger partial charge in [0.05, 0.1) is 11.2 Å². The lowest BCUT2D eigenvalue weighted by Crippen LogP contribution is -2.52. The van der Waals surface area contributed by atoms with Crippen LogP contribution in [0.1, 0.15) is 25.0 Å². The van der Waals surface area contributed by atoms with E-state index in [4.69, 9.17) is 5.11 Å². The first-order valence-corrected chi connectivity index (χ1v) is 8.75. The molecule has 2 N–H and O–H groups in total. The van der Waals surface area contributed by atoms with Crippen molar-refractivity contribution in [3.8, 4) is 0 Å². The minimum absolute atomic E-state index is 0.217. The standard InChI is InChI=1S/C11H17N3O4S2/c15-11(16)10-3-1-2-6-14(10)20(17,18)13-5-4-9-7-19-8-12-9/h7-8,10,13H,1-6H2,(H,15,16). The molecule has 1 unspecified atom stereocenters. The monoisotopic (exact) mass is 319 g/mol. The normalized spacial score (nSPS) is 20.9. The van der Waals surface area contributed by atoms with E-state index in [0.717, 1.165) is 16.4 Å².